The Bertz CT molecular complexity index is 1410. The number of aryl methyl sites for hydroxylation is 1. The van der Waals surface area contributed by atoms with E-state index in [0.717, 1.165) is 74.8 Å². The summed E-state index contributed by atoms with van der Waals surface area (Å²) in [4.78, 5) is 21.4. The summed E-state index contributed by atoms with van der Waals surface area (Å²) in [5, 5.41) is 5.73. The fourth-order valence-electron chi connectivity index (χ4n) is 4.92. The van der Waals surface area contributed by atoms with Crippen LogP contribution in [0.15, 0.2) is 24.5 Å². The second kappa shape index (κ2) is 11.8. The molecule has 200 valence electrons. The lowest BCUT2D eigenvalue weighted by molar-refractivity contribution is -0.130. The molecule has 5 rings (SSSR count). The number of hydrogen-bond donors (Lipinski definition) is 1. The maximum atomic E-state index is 11.8. The number of hydrogen-bond acceptors (Lipinski definition) is 8. The van der Waals surface area contributed by atoms with Crippen molar-refractivity contribution < 1.29 is 14.3 Å². The first-order valence-corrected chi connectivity index (χ1v) is 12.4. The summed E-state index contributed by atoms with van der Waals surface area (Å²) < 4.78 is 14.4. The first kappa shape index (κ1) is 28.9. The van der Waals surface area contributed by atoms with Crippen LogP contribution in [-0.2, 0) is 22.7 Å². The predicted molar refractivity (Wildman–Crippen MR) is 152 cm³/mol. The van der Waals surface area contributed by atoms with Gasteiger partial charge in [0.2, 0.25) is 5.91 Å². The van der Waals surface area contributed by atoms with E-state index in [4.69, 9.17) is 15.2 Å². The van der Waals surface area contributed by atoms with E-state index in [1.54, 1.807) is 32.5 Å². The molecular formula is C25H32Cl2N6O3S. The summed E-state index contributed by atoms with van der Waals surface area (Å²) in [6, 6.07) is 6.41. The largest absolute Gasteiger partial charge is 0.495 e. The Morgan fingerprint density at radius 3 is 2.51 bits per heavy atom. The highest BCUT2D eigenvalue weighted by atomic mass is 35.5. The summed E-state index contributed by atoms with van der Waals surface area (Å²) in [6.45, 7) is 7.83. The molecule has 0 spiro atoms. The van der Waals surface area contributed by atoms with E-state index in [1.165, 1.54) is 6.33 Å². The number of rotatable bonds is 6. The number of ether oxygens (including phenoxy) is 2. The minimum Gasteiger partial charge on any atom is -0.495 e. The number of carbonyl (C=O) groups is 1. The van der Waals surface area contributed by atoms with Gasteiger partial charge in [-0.3, -0.25) is 9.69 Å². The van der Waals surface area contributed by atoms with E-state index in [9.17, 15) is 4.79 Å². The zero-order valence-corrected chi connectivity index (χ0v) is 23.8. The van der Waals surface area contributed by atoms with Crippen molar-refractivity contribution in [3.05, 3.63) is 41.3 Å². The molecule has 0 bridgehead atoms. The summed E-state index contributed by atoms with van der Waals surface area (Å²) >= 11 is 1.67. The molecule has 0 saturated carbocycles. The first-order valence-electron chi connectivity index (χ1n) is 11.6. The number of nitrogens with two attached hydrogens (primary N) is 1. The van der Waals surface area contributed by atoms with Gasteiger partial charge >= 0.3 is 0 Å². The summed E-state index contributed by atoms with van der Waals surface area (Å²) in [5.74, 6) is 1.41. The number of nitrogens with zero attached hydrogens (tertiary/aromatic N) is 5. The summed E-state index contributed by atoms with van der Waals surface area (Å²) in [7, 11) is 3.40. The highest BCUT2D eigenvalue weighted by Crippen LogP contribution is 2.44. The Morgan fingerprint density at radius 2 is 1.86 bits per heavy atom. The third kappa shape index (κ3) is 5.35. The molecule has 0 unspecified atom stereocenters. The van der Waals surface area contributed by atoms with E-state index in [1.807, 2.05) is 9.42 Å². The number of benzene rings is 1. The molecule has 1 aromatic carbocycles. The van der Waals surface area contributed by atoms with E-state index in [2.05, 4.69) is 40.1 Å². The van der Waals surface area contributed by atoms with Crippen LogP contribution in [0, 0.1) is 6.92 Å². The van der Waals surface area contributed by atoms with Gasteiger partial charge in [0.25, 0.3) is 0 Å². The van der Waals surface area contributed by atoms with Crippen molar-refractivity contribution in [3.8, 4) is 16.2 Å². The van der Waals surface area contributed by atoms with Gasteiger partial charge in [-0.1, -0.05) is 6.07 Å². The van der Waals surface area contributed by atoms with Crippen molar-refractivity contribution in [2.24, 2.45) is 0 Å². The Balaban J connectivity index is 0.00000190. The van der Waals surface area contributed by atoms with Gasteiger partial charge in [-0.05, 0) is 30.0 Å². The lowest BCUT2D eigenvalue weighted by atomic mass is 10.1. The monoisotopic (exact) mass is 566 g/mol. The standard InChI is InChI=1S/C25H30N6O3S.2ClH/c1-15-9-17-11-21(35-24(17)20(10-15)34-4)22-18(13-33-3)19(31-23(22)25(26)27-14-28-31)12-29-5-7-30(8-6-29)16(2)32;;/h9-11,14H,5-8,12-13H2,1-4H3,(H2,26,27,28);2*1H. The van der Waals surface area contributed by atoms with Gasteiger partial charge in [0, 0.05) is 62.8 Å². The number of anilines is 1. The highest BCUT2D eigenvalue weighted by Gasteiger charge is 2.27. The third-order valence-corrected chi connectivity index (χ3v) is 7.82. The number of methoxy groups -OCH3 is 2. The fraction of sp³-hybridized carbons (Fsp3) is 0.400. The normalized spacial score (nSPS) is 14.0. The predicted octanol–water partition coefficient (Wildman–Crippen LogP) is 4.16. The molecule has 1 amide bonds. The molecule has 0 aliphatic carbocycles. The smallest absolute Gasteiger partial charge is 0.219 e. The molecule has 0 radical (unpaired) electrons. The number of carbonyl (C=O) groups excluding carboxylic acids is 1. The number of thiophene rings is 1. The maximum absolute atomic E-state index is 11.8. The molecule has 9 nitrogen and oxygen atoms in total. The number of fused-ring (bicyclic) bond motifs is 2. The second-order valence-corrected chi connectivity index (χ2v) is 9.97. The number of piperazine rings is 1. The third-order valence-electron chi connectivity index (χ3n) is 6.63. The zero-order valence-electron chi connectivity index (χ0n) is 21.3. The molecule has 12 heteroatoms. The van der Waals surface area contributed by atoms with Crippen LogP contribution in [0.25, 0.3) is 26.0 Å². The SMILES string of the molecule is COCc1c(-c2cc3cc(C)cc(OC)c3s2)c2c(N)ncnn2c1CN1CCN(C(C)=O)CC1.Cl.Cl. The van der Waals surface area contributed by atoms with Gasteiger partial charge in [0.1, 0.15) is 17.6 Å². The van der Waals surface area contributed by atoms with Gasteiger partial charge in [-0.15, -0.1) is 36.2 Å². The average Bonchev–Trinajstić information content (AvgIpc) is 3.39. The minimum absolute atomic E-state index is 0. The van der Waals surface area contributed by atoms with Crippen LogP contribution in [0.2, 0.25) is 0 Å². The average molecular weight is 568 g/mol. The number of amides is 1. The van der Waals surface area contributed by atoms with Gasteiger partial charge in [0.15, 0.2) is 5.82 Å². The molecule has 0 atom stereocenters. The van der Waals surface area contributed by atoms with E-state index in [-0.39, 0.29) is 30.7 Å². The van der Waals surface area contributed by atoms with Gasteiger partial charge in [0.05, 0.1) is 24.1 Å². The Morgan fingerprint density at radius 1 is 1.14 bits per heavy atom. The van der Waals surface area contributed by atoms with Crippen molar-refractivity contribution in [2.75, 3.05) is 46.1 Å². The van der Waals surface area contributed by atoms with Gasteiger partial charge in [-0.25, -0.2) is 9.50 Å². The Labute approximate surface area is 232 Å². The fourth-order valence-corrected chi connectivity index (χ4v) is 6.13. The molecule has 3 aromatic heterocycles. The number of nitrogen functional groups attached to an aromatic ring is 1. The molecule has 1 fully saturated rings. The van der Waals surface area contributed by atoms with Crippen LogP contribution in [0.3, 0.4) is 0 Å². The topological polar surface area (TPSA) is 98.2 Å². The van der Waals surface area contributed by atoms with Crippen LogP contribution in [-0.4, -0.2) is 70.7 Å². The van der Waals surface area contributed by atoms with E-state index < -0.39 is 0 Å². The van der Waals surface area contributed by atoms with Crippen LogP contribution < -0.4 is 10.5 Å². The molecule has 4 aromatic rings. The summed E-state index contributed by atoms with van der Waals surface area (Å²) in [6.07, 6.45) is 1.50. The van der Waals surface area contributed by atoms with Crippen molar-refractivity contribution in [3.63, 3.8) is 0 Å². The molecule has 4 heterocycles. The van der Waals surface area contributed by atoms with Crippen LogP contribution in [0.4, 0.5) is 5.82 Å². The molecule has 2 N–H and O–H groups in total. The Kier molecular flexibility index (Phi) is 9.25. The maximum Gasteiger partial charge on any atom is 0.219 e. The summed E-state index contributed by atoms with van der Waals surface area (Å²) in [5.41, 5.74) is 11.5. The highest BCUT2D eigenvalue weighted by molar-refractivity contribution is 7.22. The van der Waals surface area contributed by atoms with E-state index in [0.29, 0.717) is 19.0 Å². The lowest BCUT2D eigenvalue weighted by Crippen LogP contribution is -2.47. The molecule has 1 aliphatic heterocycles. The van der Waals surface area contributed by atoms with Crippen molar-refractivity contribution in [2.45, 2.75) is 27.0 Å². The van der Waals surface area contributed by atoms with E-state index >= 15 is 0 Å². The van der Waals surface area contributed by atoms with Crippen LogP contribution in [0.1, 0.15) is 23.7 Å². The molecule has 37 heavy (non-hydrogen) atoms. The quantitative estimate of drug-likeness (QED) is 0.374. The molecule has 1 aliphatic rings. The zero-order chi connectivity index (χ0) is 24.7. The Hall–Kier alpha value is -2.63. The van der Waals surface area contributed by atoms with Gasteiger partial charge < -0.3 is 20.1 Å². The minimum atomic E-state index is 0. The van der Waals surface area contributed by atoms with Crippen molar-refractivity contribution in [1.29, 1.82) is 0 Å². The van der Waals surface area contributed by atoms with Gasteiger partial charge in [-0.2, -0.15) is 5.10 Å². The van der Waals surface area contributed by atoms with Crippen molar-refractivity contribution >= 4 is 63.5 Å². The van der Waals surface area contributed by atoms with Crippen molar-refractivity contribution in [1.82, 2.24) is 24.4 Å². The number of halogens is 2. The van der Waals surface area contributed by atoms with Crippen LogP contribution in [0.5, 0.6) is 5.75 Å². The second-order valence-electron chi connectivity index (χ2n) is 8.92. The number of aromatic nitrogens is 3. The lowest BCUT2D eigenvalue weighted by Gasteiger charge is -2.34. The molecular weight excluding hydrogens is 535 g/mol. The first-order chi connectivity index (χ1) is 16.9. The molecule has 1 saturated heterocycles. The van der Waals surface area contributed by atoms with Crippen LogP contribution >= 0.6 is 36.2 Å².